The van der Waals surface area contributed by atoms with Crippen molar-refractivity contribution in [1.82, 2.24) is 4.98 Å². The number of carbonyl (C=O) groups excluding carboxylic acids is 1. The second-order valence-corrected chi connectivity index (χ2v) is 8.90. The van der Waals surface area contributed by atoms with Gasteiger partial charge in [0.1, 0.15) is 0 Å². The lowest BCUT2D eigenvalue weighted by Crippen LogP contribution is -2.37. The third kappa shape index (κ3) is 3.93. The summed E-state index contributed by atoms with van der Waals surface area (Å²) >= 11 is 5.06. The van der Waals surface area contributed by atoms with Gasteiger partial charge in [0.2, 0.25) is 0 Å². The molecule has 1 saturated heterocycles. The van der Waals surface area contributed by atoms with E-state index in [1.54, 1.807) is 16.2 Å². The Bertz CT molecular complexity index is 995. The number of nitrogens with zero attached hydrogens (tertiary/aromatic N) is 2. The number of fused-ring (bicyclic) bond motifs is 1. The lowest BCUT2D eigenvalue weighted by atomic mass is 10.0. The molecular weight excluding hydrogens is 424 g/mol. The SMILES string of the molecule is Cc1ccc(C)c(C(=O)N(CC2CCCO2)c2nc3ccc(Br)cc3s2)c1. The summed E-state index contributed by atoms with van der Waals surface area (Å²) in [4.78, 5) is 20.0. The Labute approximate surface area is 171 Å². The molecular formula is C21H21BrN2O2S. The van der Waals surface area contributed by atoms with Crippen molar-refractivity contribution in [2.75, 3.05) is 18.1 Å². The Kier molecular flexibility index (Phi) is 5.30. The summed E-state index contributed by atoms with van der Waals surface area (Å²) in [5.74, 6) is -0.00942. The number of carbonyl (C=O) groups is 1. The van der Waals surface area contributed by atoms with Gasteiger partial charge in [-0.15, -0.1) is 0 Å². The molecule has 0 aliphatic carbocycles. The maximum Gasteiger partial charge on any atom is 0.260 e. The molecule has 3 aromatic rings. The van der Waals surface area contributed by atoms with E-state index in [-0.39, 0.29) is 12.0 Å². The van der Waals surface area contributed by atoms with Crippen molar-refractivity contribution in [2.45, 2.75) is 32.8 Å². The van der Waals surface area contributed by atoms with Gasteiger partial charge in [0.05, 0.1) is 22.9 Å². The van der Waals surface area contributed by atoms with Crippen molar-refractivity contribution >= 4 is 48.5 Å². The van der Waals surface area contributed by atoms with Gasteiger partial charge in [0.15, 0.2) is 5.13 Å². The van der Waals surface area contributed by atoms with Gasteiger partial charge in [0.25, 0.3) is 5.91 Å². The third-order valence-corrected chi connectivity index (χ3v) is 6.38. The van der Waals surface area contributed by atoms with Gasteiger partial charge in [0, 0.05) is 16.6 Å². The van der Waals surface area contributed by atoms with E-state index < -0.39 is 0 Å². The zero-order valence-corrected chi connectivity index (χ0v) is 17.8. The van der Waals surface area contributed by atoms with Crippen molar-refractivity contribution in [3.05, 3.63) is 57.6 Å². The Balaban J connectivity index is 1.75. The number of aryl methyl sites for hydroxylation is 2. The summed E-state index contributed by atoms with van der Waals surface area (Å²) in [6.45, 7) is 5.29. The molecule has 0 N–H and O–H groups in total. The van der Waals surface area contributed by atoms with Crippen LogP contribution in [-0.4, -0.2) is 30.1 Å². The average Bonchev–Trinajstić information content (AvgIpc) is 3.30. The molecule has 0 bridgehead atoms. The van der Waals surface area contributed by atoms with Gasteiger partial charge in [-0.1, -0.05) is 45.0 Å². The molecule has 1 unspecified atom stereocenters. The maximum atomic E-state index is 13.5. The molecule has 140 valence electrons. The third-order valence-electron chi connectivity index (χ3n) is 4.85. The minimum Gasteiger partial charge on any atom is -0.376 e. The molecule has 0 spiro atoms. The fraction of sp³-hybridized carbons (Fsp3) is 0.333. The minimum atomic E-state index is -0.00942. The van der Waals surface area contributed by atoms with E-state index in [4.69, 9.17) is 9.72 Å². The van der Waals surface area contributed by atoms with Crippen LogP contribution in [0.15, 0.2) is 40.9 Å². The number of halogens is 1. The monoisotopic (exact) mass is 444 g/mol. The topological polar surface area (TPSA) is 42.4 Å². The van der Waals surface area contributed by atoms with Crippen LogP contribution < -0.4 is 4.90 Å². The molecule has 1 amide bonds. The number of rotatable bonds is 4. The number of aromatic nitrogens is 1. The standard InChI is InChI=1S/C21H21BrN2O2S/c1-13-5-6-14(2)17(10-13)20(25)24(12-16-4-3-9-26-16)21-23-18-8-7-15(22)11-19(18)27-21/h5-8,10-11,16H,3-4,9,12H2,1-2H3. The van der Waals surface area contributed by atoms with E-state index in [9.17, 15) is 4.79 Å². The molecule has 0 radical (unpaired) electrons. The first-order valence-electron chi connectivity index (χ1n) is 9.08. The fourth-order valence-electron chi connectivity index (χ4n) is 3.35. The molecule has 1 aliphatic heterocycles. The Morgan fingerprint density at radius 2 is 2.15 bits per heavy atom. The van der Waals surface area contributed by atoms with Crippen LogP contribution in [0, 0.1) is 13.8 Å². The van der Waals surface area contributed by atoms with Crippen molar-refractivity contribution in [3.63, 3.8) is 0 Å². The van der Waals surface area contributed by atoms with Crippen LogP contribution >= 0.6 is 27.3 Å². The number of anilines is 1. The Morgan fingerprint density at radius 3 is 2.93 bits per heavy atom. The molecule has 1 aromatic heterocycles. The number of hydrogen-bond acceptors (Lipinski definition) is 4. The predicted octanol–water partition coefficient (Wildman–Crippen LogP) is 5.50. The number of hydrogen-bond donors (Lipinski definition) is 0. The second kappa shape index (κ2) is 7.70. The van der Waals surface area contributed by atoms with Crippen LogP contribution in [0.1, 0.15) is 34.3 Å². The van der Waals surface area contributed by atoms with Crippen molar-refractivity contribution in [3.8, 4) is 0 Å². The van der Waals surface area contributed by atoms with E-state index in [1.807, 2.05) is 50.2 Å². The van der Waals surface area contributed by atoms with Gasteiger partial charge in [-0.3, -0.25) is 9.69 Å². The molecule has 6 heteroatoms. The highest BCUT2D eigenvalue weighted by Gasteiger charge is 2.27. The van der Waals surface area contributed by atoms with Gasteiger partial charge in [-0.05, 0) is 56.5 Å². The van der Waals surface area contributed by atoms with Crippen molar-refractivity contribution < 1.29 is 9.53 Å². The van der Waals surface area contributed by atoms with E-state index in [1.165, 1.54) is 0 Å². The van der Waals surface area contributed by atoms with Gasteiger partial charge in [-0.2, -0.15) is 0 Å². The number of thiazole rings is 1. The van der Waals surface area contributed by atoms with Crippen LogP contribution in [0.25, 0.3) is 10.2 Å². The first kappa shape index (κ1) is 18.6. The normalized spacial score (nSPS) is 16.8. The minimum absolute atomic E-state index is 0.00942. The Hall–Kier alpha value is -1.76. The van der Waals surface area contributed by atoms with E-state index in [2.05, 4.69) is 15.9 Å². The molecule has 1 fully saturated rings. The number of ether oxygens (including phenoxy) is 1. The summed E-state index contributed by atoms with van der Waals surface area (Å²) in [5, 5.41) is 0.726. The van der Waals surface area contributed by atoms with Crippen LogP contribution in [0.4, 0.5) is 5.13 Å². The maximum absolute atomic E-state index is 13.5. The number of benzene rings is 2. The number of amides is 1. The lowest BCUT2D eigenvalue weighted by molar-refractivity contribution is 0.0917. The summed E-state index contributed by atoms with van der Waals surface area (Å²) in [6, 6.07) is 12.0. The van der Waals surface area contributed by atoms with Crippen molar-refractivity contribution in [1.29, 1.82) is 0 Å². The molecule has 1 aliphatic rings. The summed E-state index contributed by atoms with van der Waals surface area (Å²) in [7, 11) is 0. The zero-order valence-electron chi connectivity index (χ0n) is 15.4. The molecule has 2 heterocycles. The summed E-state index contributed by atoms with van der Waals surface area (Å²) in [6.07, 6.45) is 2.09. The average molecular weight is 445 g/mol. The summed E-state index contributed by atoms with van der Waals surface area (Å²) in [5.41, 5.74) is 3.69. The molecule has 2 aromatic carbocycles. The highest BCUT2D eigenvalue weighted by Crippen LogP contribution is 2.33. The smallest absolute Gasteiger partial charge is 0.260 e. The van der Waals surface area contributed by atoms with Crippen molar-refractivity contribution in [2.24, 2.45) is 0 Å². The van der Waals surface area contributed by atoms with Gasteiger partial charge in [-0.25, -0.2) is 4.98 Å². The summed E-state index contributed by atoms with van der Waals surface area (Å²) < 4.78 is 7.89. The molecule has 1 atom stereocenters. The van der Waals surface area contributed by atoms with E-state index >= 15 is 0 Å². The van der Waals surface area contributed by atoms with Crippen LogP contribution in [-0.2, 0) is 4.74 Å². The van der Waals surface area contributed by atoms with E-state index in [0.29, 0.717) is 6.54 Å². The van der Waals surface area contributed by atoms with Gasteiger partial charge < -0.3 is 4.74 Å². The Morgan fingerprint density at radius 1 is 1.30 bits per heavy atom. The first-order valence-corrected chi connectivity index (χ1v) is 10.7. The highest BCUT2D eigenvalue weighted by atomic mass is 79.9. The largest absolute Gasteiger partial charge is 0.376 e. The van der Waals surface area contributed by atoms with Gasteiger partial charge >= 0.3 is 0 Å². The van der Waals surface area contributed by atoms with E-state index in [0.717, 1.165) is 56.0 Å². The zero-order chi connectivity index (χ0) is 19.0. The van der Waals surface area contributed by atoms with Crippen LogP contribution in [0.2, 0.25) is 0 Å². The molecule has 27 heavy (non-hydrogen) atoms. The predicted molar refractivity (Wildman–Crippen MR) is 114 cm³/mol. The molecule has 0 saturated carbocycles. The van der Waals surface area contributed by atoms with Crippen LogP contribution in [0.5, 0.6) is 0 Å². The first-order chi connectivity index (χ1) is 13.0. The molecule has 4 nitrogen and oxygen atoms in total. The molecule has 4 rings (SSSR count). The second-order valence-electron chi connectivity index (χ2n) is 6.98. The lowest BCUT2D eigenvalue weighted by Gasteiger charge is -2.24. The quantitative estimate of drug-likeness (QED) is 0.533. The van der Waals surface area contributed by atoms with Crippen LogP contribution in [0.3, 0.4) is 0 Å². The highest BCUT2D eigenvalue weighted by molar-refractivity contribution is 9.10. The fourth-order valence-corrected chi connectivity index (χ4v) is 4.88.